The molecule has 0 atom stereocenters. The molecule has 5 nitrogen and oxygen atoms in total. The predicted molar refractivity (Wildman–Crippen MR) is 83.2 cm³/mol. The van der Waals surface area contributed by atoms with E-state index in [1.54, 1.807) is 6.07 Å². The summed E-state index contributed by atoms with van der Waals surface area (Å²) in [5.74, 6) is 1.21. The summed E-state index contributed by atoms with van der Waals surface area (Å²) in [5, 5.41) is 22.8. The monoisotopic (exact) mass is 293 g/mol. The fourth-order valence-electron chi connectivity index (χ4n) is 1.85. The highest BCUT2D eigenvalue weighted by Gasteiger charge is 2.13. The maximum Gasteiger partial charge on any atom is 0.287 e. The first kappa shape index (κ1) is 16.3. The van der Waals surface area contributed by atoms with E-state index in [1.165, 1.54) is 37.1 Å². The predicted octanol–water partition coefficient (Wildman–Crippen LogP) is 3.80. The first-order chi connectivity index (χ1) is 9.69. The van der Waals surface area contributed by atoms with Crippen LogP contribution in [0.1, 0.15) is 31.2 Å². The summed E-state index contributed by atoms with van der Waals surface area (Å²) in [6.45, 7) is 0.821. The van der Waals surface area contributed by atoms with Crippen molar-refractivity contribution >= 4 is 23.1 Å². The van der Waals surface area contributed by atoms with Crippen LogP contribution in [-0.4, -0.2) is 23.5 Å². The Bertz CT molecular complexity index is 486. The van der Waals surface area contributed by atoms with E-state index < -0.39 is 4.92 Å². The van der Waals surface area contributed by atoms with Crippen molar-refractivity contribution in [2.45, 2.75) is 25.7 Å². The quantitative estimate of drug-likeness (QED) is 0.425. The molecule has 6 heteroatoms. The zero-order valence-electron chi connectivity index (χ0n) is 11.6. The van der Waals surface area contributed by atoms with Crippen LogP contribution < -0.4 is 5.32 Å². The fourth-order valence-corrected chi connectivity index (χ4v) is 2.35. The van der Waals surface area contributed by atoms with Crippen molar-refractivity contribution in [1.29, 1.82) is 5.26 Å². The van der Waals surface area contributed by atoms with Crippen LogP contribution in [0.4, 0.5) is 11.4 Å². The zero-order chi connectivity index (χ0) is 14.8. The Morgan fingerprint density at radius 3 is 2.75 bits per heavy atom. The van der Waals surface area contributed by atoms with Crippen LogP contribution in [0.25, 0.3) is 0 Å². The minimum Gasteiger partial charge on any atom is -0.385 e. The summed E-state index contributed by atoms with van der Waals surface area (Å²) in [6, 6.07) is 6.41. The Labute approximate surface area is 123 Å². The molecule has 0 radical (unpaired) electrons. The van der Waals surface area contributed by atoms with Gasteiger partial charge >= 0.3 is 0 Å². The zero-order valence-corrected chi connectivity index (χ0v) is 12.4. The second-order valence-electron chi connectivity index (χ2n) is 4.43. The van der Waals surface area contributed by atoms with Gasteiger partial charge in [-0.2, -0.15) is 17.0 Å². The molecule has 1 rings (SSSR count). The molecule has 1 N–H and O–H groups in total. The van der Waals surface area contributed by atoms with E-state index in [0.717, 1.165) is 18.7 Å². The van der Waals surface area contributed by atoms with Crippen LogP contribution >= 0.6 is 11.8 Å². The minimum atomic E-state index is -0.534. The molecule has 0 saturated heterocycles. The molecule has 0 bridgehead atoms. The van der Waals surface area contributed by atoms with Gasteiger partial charge in [0.25, 0.3) is 5.69 Å². The van der Waals surface area contributed by atoms with E-state index in [9.17, 15) is 10.1 Å². The van der Waals surface area contributed by atoms with Gasteiger partial charge in [-0.15, -0.1) is 0 Å². The molecule has 0 saturated carbocycles. The minimum absolute atomic E-state index is 0.0972. The van der Waals surface area contributed by atoms with Gasteiger partial charge in [-0.3, -0.25) is 10.1 Å². The van der Waals surface area contributed by atoms with Crippen LogP contribution in [0.3, 0.4) is 0 Å². The molecule has 0 unspecified atom stereocenters. The number of nitrogens with one attached hydrogen (secondary N) is 1. The summed E-state index contributed by atoms with van der Waals surface area (Å²) in [6.07, 6.45) is 6.82. The maximum absolute atomic E-state index is 10.7. The highest BCUT2D eigenvalue weighted by Crippen LogP contribution is 2.21. The summed E-state index contributed by atoms with van der Waals surface area (Å²) in [5.41, 5.74) is 0.714. The smallest absolute Gasteiger partial charge is 0.287 e. The lowest BCUT2D eigenvalue weighted by molar-refractivity contribution is -0.385. The standard InChI is InChI=1S/C14H19N3O2S/c1-20-9-5-3-2-4-8-16-13-6-7-14(17(18)19)12(10-13)11-15/h6-7,10,16H,2-5,8-9H2,1H3. The molecule has 20 heavy (non-hydrogen) atoms. The highest BCUT2D eigenvalue weighted by molar-refractivity contribution is 7.98. The number of benzene rings is 1. The topological polar surface area (TPSA) is 79.0 Å². The molecular weight excluding hydrogens is 274 g/mol. The fraction of sp³-hybridized carbons (Fsp3) is 0.500. The average Bonchev–Trinajstić information content (AvgIpc) is 2.45. The lowest BCUT2D eigenvalue weighted by atomic mass is 10.1. The Balaban J connectivity index is 2.38. The molecule has 0 aromatic heterocycles. The van der Waals surface area contributed by atoms with Gasteiger partial charge in [-0.05, 0) is 37.0 Å². The number of hydrogen-bond acceptors (Lipinski definition) is 5. The second kappa shape index (κ2) is 9.21. The van der Waals surface area contributed by atoms with Crippen LogP contribution in [0.2, 0.25) is 0 Å². The molecular formula is C14H19N3O2S. The van der Waals surface area contributed by atoms with E-state index in [4.69, 9.17) is 5.26 Å². The SMILES string of the molecule is CSCCCCCCNc1ccc([N+](=O)[O-])c(C#N)c1. The van der Waals surface area contributed by atoms with Gasteiger partial charge in [0, 0.05) is 18.3 Å². The van der Waals surface area contributed by atoms with Crippen molar-refractivity contribution in [2.75, 3.05) is 23.9 Å². The number of hydrogen-bond donors (Lipinski definition) is 1. The summed E-state index contributed by atoms with van der Waals surface area (Å²) >= 11 is 1.87. The summed E-state index contributed by atoms with van der Waals surface area (Å²) in [4.78, 5) is 10.2. The number of thioether (sulfide) groups is 1. The number of rotatable bonds is 9. The van der Waals surface area contributed by atoms with Crippen LogP contribution in [-0.2, 0) is 0 Å². The third kappa shape index (κ3) is 5.49. The molecule has 0 spiro atoms. The van der Waals surface area contributed by atoms with Gasteiger partial charge in [0.1, 0.15) is 11.6 Å². The first-order valence-electron chi connectivity index (χ1n) is 6.60. The third-order valence-electron chi connectivity index (χ3n) is 2.92. The van der Waals surface area contributed by atoms with E-state index in [1.807, 2.05) is 17.8 Å². The Morgan fingerprint density at radius 1 is 1.35 bits per heavy atom. The molecule has 0 aliphatic rings. The van der Waals surface area contributed by atoms with Crippen molar-refractivity contribution in [1.82, 2.24) is 0 Å². The van der Waals surface area contributed by atoms with E-state index in [2.05, 4.69) is 11.6 Å². The van der Waals surface area contributed by atoms with Crippen LogP contribution in [0.15, 0.2) is 18.2 Å². The van der Waals surface area contributed by atoms with E-state index >= 15 is 0 Å². The van der Waals surface area contributed by atoms with Crippen molar-refractivity contribution in [3.8, 4) is 6.07 Å². The molecule has 1 aromatic rings. The van der Waals surface area contributed by atoms with Crippen molar-refractivity contribution in [3.05, 3.63) is 33.9 Å². The summed E-state index contributed by atoms with van der Waals surface area (Å²) in [7, 11) is 0. The van der Waals surface area contributed by atoms with Gasteiger partial charge in [-0.1, -0.05) is 12.8 Å². The molecule has 0 fully saturated rings. The molecule has 0 heterocycles. The average molecular weight is 293 g/mol. The lowest BCUT2D eigenvalue weighted by Crippen LogP contribution is -2.02. The number of nitro groups is 1. The number of nitriles is 1. The normalized spacial score (nSPS) is 10.0. The van der Waals surface area contributed by atoms with Gasteiger partial charge < -0.3 is 5.32 Å². The van der Waals surface area contributed by atoms with Crippen molar-refractivity contribution in [3.63, 3.8) is 0 Å². The van der Waals surface area contributed by atoms with E-state index in [0.29, 0.717) is 0 Å². The van der Waals surface area contributed by atoms with E-state index in [-0.39, 0.29) is 11.3 Å². The number of unbranched alkanes of at least 4 members (excludes halogenated alkanes) is 3. The largest absolute Gasteiger partial charge is 0.385 e. The number of nitro benzene ring substituents is 1. The molecule has 0 aliphatic heterocycles. The Hall–Kier alpha value is -1.74. The first-order valence-corrected chi connectivity index (χ1v) is 7.99. The maximum atomic E-state index is 10.7. The van der Waals surface area contributed by atoms with Crippen molar-refractivity contribution < 1.29 is 4.92 Å². The lowest BCUT2D eigenvalue weighted by Gasteiger charge is -2.06. The molecule has 1 aromatic carbocycles. The Kier molecular flexibility index (Phi) is 7.51. The van der Waals surface area contributed by atoms with Crippen LogP contribution in [0, 0.1) is 21.4 Å². The highest BCUT2D eigenvalue weighted by atomic mass is 32.2. The molecule has 0 amide bonds. The van der Waals surface area contributed by atoms with Crippen LogP contribution in [0.5, 0.6) is 0 Å². The van der Waals surface area contributed by atoms with Gasteiger partial charge in [0.05, 0.1) is 4.92 Å². The summed E-state index contributed by atoms with van der Waals surface area (Å²) < 4.78 is 0. The number of nitrogens with zero attached hydrogens (tertiary/aromatic N) is 2. The van der Waals surface area contributed by atoms with Gasteiger partial charge in [0.15, 0.2) is 0 Å². The van der Waals surface area contributed by atoms with Gasteiger partial charge in [0.2, 0.25) is 0 Å². The van der Waals surface area contributed by atoms with Crippen molar-refractivity contribution in [2.24, 2.45) is 0 Å². The molecule has 108 valence electrons. The molecule has 0 aliphatic carbocycles. The Morgan fingerprint density at radius 2 is 2.10 bits per heavy atom. The second-order valence-corrected chi connectivity index (χ2v) is 5.42. The number of anilines is 1. The van der Waals surface area contributed by atoms with Gasteiger partial charge in [-0.25, -0.2) is 0 Å². The third-order valence-corrected chi connectivity index (χ3v) is 3.61.